The molecule has 0 aliphatic carbocycles. The van der Waals surface area contributed by atoms with Crippen LogP contribution in [0.5, 0.6) is 0 Å². The summed E-state index contributed by atoms with van der Waals surface area (Å²) in [4.78, 5) is 36.1. The Labute approximate surface area is 186 Å². The third-order valence-corrected chi connectivity index (χ3v) is 5.77. The number of carbonyl (C=O) groups is 3. The van der Waals surface area contributed by atoms with Crippen molar-refractivity contribution in [2.45, 2.75) is 38.3 Å². The number of rotatable bonds is 9. The van der Waals surface area contributed by atoms with Crippen molar-refractivity contribution in [3.63, 3.8) is 0 Å². The number of carbonyl (C=O) groups excluding carboxylic acids is 2. The Morgan fingerprint density at radius 3 is 2.45 bits per heavy atom. The monoisotopic (exact) mass is 463 g/mol. The van der Waals surface area contributed by atoms with Gasteiger partial charge in [0.2, 0.25) is 11.8 Å². The van der Waals surface area contributed by atoms with E-state index in [1.807, 2.05) is 12.1 Å². The first-order valence-electron chi connectivity index (χ1n) is 9.14. The molecule has 7 nitrogen and oxygen atoms in total. The van der Waals surface area contributed by atoms with Crippen LogP contribution in [-0.4, -0.2) is 53.1 Å². The standard InChI is InChI=1S/C19H26ClN3O4S.ClH/c1-11(2)17(19(26)27)23-16(24)7-13(12-3-5-14(20)6-4-12)8-21-18(25)15-9-28-10-22-15;/h3-6,11,13,15,17,22H,7-10H2,1-2H3,(H,21,25)(H,23,24)(H,26,27);1H/t13-,15-,17-;/m0./s1. The fraction of sp³-hybridized carbons (Fsp3) is 0.526. The van der Waals surface area contributed by atoms with Gasteiger partial charge in [0.25, 0.3) is 0 Å². The lowest BCUT2D eigenvalue weighted by Crippen LogP contribution is -2.46. The highest BCUT2D eigenvalue weighted by molar-refractivity contribution is 7.99. The SMILES string of the molecule is CC(C)[C@H](NC(=O)C[C@@H](CNC(=O)[C@@H]1CSCN1)c1ccc(Cl)cc1)C(=O)O.Cl. The molecule has 0 saturated carbocycles. The highest BCUT2D eigenvalue weighted by atomic mass is 35.5. The summed E-state index contributed by atoms with van der Waals surface area (Å²) in [5.41, 5.74) is 0.852. The van der Waals surface area contributed by atoms with Gasteiger partial charge in [0.1, 0.15) is 6.04 Å². The molecule has 162 valence electrons. The number of hydrogen-bond donors (Lipinski definition) is 4. The molecule has 1 aliphatic rings. The van der Waals surface area contributed by atoms with Gasteiger partial charge in [-0.3, -0.25) is 14.9 Å². The molecule has 0 radical (unpaired) electrons. The Hall–Kier alpha value is -1.48. The molecule has 3 atom stereocenters. The molecular weight excluding hydrogens is 437 g/mol. The molecule has 0 bridgehead atoms. The lowest BCUT2D eigenvalue weighted by Gasteiger charge is -2.22. The van der Waals surface area contributed by atoms with Crippen LogP contribution in [0.3, 0.4) is 0 Å². The van der Waals surface area contributed by atoms with Gasteiger partial charge >= 0.3 is 5.97 Å². The maximum atomic E-state index is 12.5. The minimum atomic E-state index is -1.07. The van der Waals surface area contributed by atoms with Gasteiger partial charge in [-0.1, -0.05) is 37.6 Å². The third kappa shape index (κ3) is 8.04. The van der Waals surface area contributed by atoms with Crippen LogP contribution in [0.1, 0.15) is 31.7 Å². The van der Waals surface area contributed by atoms with Crippen LogP contribution in [-0.2, 0) is 14.4 Å². The van der Waals surface area contributed by atoms with Gasteiger partial charge < -0.3 is 15.7 Å². The van der Waals surface area contributed by atoms with Gasteiger partial charge in [-0.2, -0.15) is 0 Å². The number of aliphatic carboxylic acids is 1. The van der Waals surface area contributed by atoms with Gasteiger partial charge in [-0.05, 0) is 23.6 Å². The molecule has 1 aromatic carbocycles. The lowest BCUT2D eigenvalue weighted by atomic mass is 9.94. The van der Waals surface area contributed by atoms with E-state index in [1.165, 1.54) is 0 Å². The number of carboxylic acids is 1. The van der Waals surface area contributed by atoms with Crippen LogP contribution in [0.25, 0.3) is 0 Å². The average molecular weight is 464 g/mol. The molecule has 2 amide bonds. The van der Waals surface area contributed by atoms with Crippen molar-refractivity contribution in [1.29, 1.82) is 0 Å². The minimum absolute atomic E-state index is 0. The van der Waals surface area contributed by atoms with Crippen molar-refractivity contribution in [1.82, 2.24) is 16.0 Å². The van der Waals surface area contributed by atoms with Crippen LogP contribution in [0.2, 0.25) is 5.02 Å². The predicted octanol–water partition coefficient (Wildman–Crippen LogP) is 2.24. The van der Waals surface area contributed by atoms with E-state index >= 15 is 0 Å². The van der Waals surface area contributed by atoms with Crippen LogP contribution in [0, 0.1) is 5.92 Å². The Morgan fingerprint density at radius 2 is 1.93 bits per heavy atom. The number of thioether (sulfide) groups is 1. The predicted molar refractivity (Wildman–Crippen MR) is 118 cm³/mol. The second-order valence-electron chi connectivity index (χ2n) is 7.10. The van der Waals surface area contributed by atoms with E-state index in [0.717, 1.165) is 11.4 Å². The molecule has 1 aromatic rings. The average Bonchev–Trinajstić information content (AvgIpc) is 3.18. The zero-order valence-corrected chi connectivity index (χ0v) is 18.7. The van der Waals surface area contributed by atoms with Crippen molar-refractivity contribution in [2.75, 3.05) is 18.2 Å². The molecule has 29 heavy (non-hydrogen) atoms. The normalized spacial score (nSPS) is 17.9. The Bertz CT molecular complexity index is 697. The molecule has 0 aromatic heterocycles. The number of halogens is 2. The van der Waals surface area contributed by atoms with Gasteiger partial charge in [0, 0.05) is 35.5 Å². The molecule has 4 N–H and O–H groups in total. The van der Waals surface area contributed by atoms with Crippen molar-refractivity contribution < 1.29 is 19.5 Å². The van der Waals surface area contributed by atoms with E-state index in [9.17, 15) is 19.5 Å². The van der Waals surface area contributed by atoms with Crippen LogP contribution in [0.4, 0.5) is 0 Å². The summed E-state index contributed by atoms with van der Waals surface area (Å²) in [5.74, 6) is -0.610. The molecule has 10 heteroatoms. The van der Waals surface area contributed by atoms with Crippen LogP contribution in [0.15, 0.2) is 24.3 Å². The van der Waals surface area contributed by atoms with Gasteiger partial charge in [-0.25, -0.2) is 4.79 Å². The van der Waals surface area contributed by atoms with E-state index in [2.05, 4.69) is 16.0 Å². The molecule has 1 saturated heterocycles. The van der Waals surface area contributed by atoms with Crippen molar-refractivity contribution in [2.24, 2.45) is 5.92 Å². The Balaban J connectivity index is 0.00000420. The minimum Gasteiger partial charge on any atom is -0.480 e. The fourth-order valence-electron chi connectivity index (χ4n) is 2.92. The first-order valence-corrected chi connectivity index (χ1v) is 10.7. The highest BCUT2D eigenvalue weighted by Crippen LogP contribution is 2.22. The number of amides is 2. The maximum absolute atomic E-state index is 12.5. The molecule has 1 heterocycles. The van der Waals surface area contributed by atoms with Crippen LogP contribution < -0.4 is 16.0 Å². The quantitative estimate of drug-likeness (QED) is 0.447. The van der Waals surface area contributed by atoms with E-state index < -0.39 is 12.0 Å². The van der Waals surface area contributed by atoms with Crippen molar-refractivity contribution in [3.05, 3.63) is 34.9 Å². The molecule has 1 aliphatic heterocycles. The van der Waals surface area contributed by atoms with E-state index in [1.54, 1.807) is 37.7 Å². The van der Waals surface area contributed by atoms with Crippen molar-refractivity contribution in [3.8, 4) is 0 Å². The second kappa shape index (κ2) is 12.3. The van der Waals surface area contributed by atoms with E-state index in [4.69, 9.17) is 11.6 Å². The third-order valence-electron chi connectivity index (χ3n) is 4.58. The summed E-state index contributed by atoms with van der Waals surface area (Å²) in [6, 6.07) is 5.90. The Morgan fingerprint density at radius 1 is 1.28 bits per heavy atom. The maximum Gasteiger partial charge on any atom is 0.326 e. The zero-order chi connectivity index (χ0) is 20.7. The number of benzene rings is 1. The molecule has 1 fully saturated rings. The molecule has 2 rings (SSSR count). The first kappa shape index (κ1) is 25.6. The fourth-order valence-corrected chi connectivity index (χ4v) is 3.99. The number of hydrogen-bond acceptors (Lipinski definition) is 5. The highest BCUT2D eigenvalue weighted by Gasteiger charge is 2.27. The van der Waals surface area contributed by atoms with Crippen molar-refractivity contribution >= 4 is 53.6 Å². The zero-order valence-electron chi connectivity index (χ0n) is 16.3. The first-order chi connectivity index (χ1) is 13.3. The summed E-state index contributed by atoms with van der Waals surface area (Å²) in [7, 11) is 0. The van der Waals surface area contributed by atoms with Gasteiger partial charge in [-0.15, -0.1) is 24.2 Å². The topological polar surface area (TPSA) is 108 Å². The molecule has 0 spiro atoms. The summed E-state index contributed by atoms with van der Waals surface area (Å²) in [5, 5.41) is 18.4. The van der Waals surface area contributed by atoms with E-state index in [-0.39, 0.29) is 55.1 Å². The van der Waals surface area contributed by atoms with Gasteiger partial charge in [0.15, 0.2) is 0 Å². The van der Waals surface area contributed by atoms with Gasteiger partial charge in [0.05, 0.1) is 6.04 Å². The van der Waals surface area contributed by atoms with E-state index in [0.29, 0.717) is 10.8 Å². The largest absolute Gasteiger partial charge is 0.480 e. The second-order valence-corrected chi connectivity index (χ2v) is 8.56. The summed E-state index contributed by atoms with van der Waals surface area (Å²) >= 11 is 7.61. The lowest BCUT2D eigenvalue weighted by molar-refractivity contribution is -0.143. The summed E-state index contributed by atoms with van der Waals surface area (Å²) < 4.78 is 0. The smallest absolute Gasteiger partial charge is 0.326 e. The molecular formula is C19H27Cl2N3O4S. The molecule has 0 unspecified atom stereocenters. The number of nitrogens with one attached hydrogen (secondary N) is 3. The Kier molecular flexibility index (Phi) is 10.8. The summed E-state index contributed by atoms with van der Waals surface area (Å²) in [6.07, 6.45) is 0.0608. The number of carboxylic acid groups (broad SMARTS) is 1. The summed E-state index contributed by atoms with van der Waals surface area (Å²) in [6.45, 7) is 3.75. The van der Waals surface area contributed by atoms with Crippen LogP contribution >= 0.6 is 35.8 Å².